The zero-order valence-corrected chi connectivity index (χ0v) is 19.4. The minimum atomic E-state index is -0.139. The van der Waals surface area contributed by atoms with E-state index >= 15 is 0 Å². The van der Waals surface area contributed by atoms with Crippen LogP contribution < -0.4 is 16.4 Å². The highest BCUT2D eigenvalue weighted by Gasteiger charge is 2.22. The van der Waals surface area contributed by atoms with Gasteiger partial charge in [-0.3, -0.25) is 9.79 Å². The number of primary amides is 1. The zero-order chi connectivity index (χ0) is 19.3. The Balaban J connectivity index is 0.00000392. The largest absolute Gasteiger partial charge is 0.369 e. The van der Waals surface area contributed by atoms with Gasteiger partial charge in [-0.25, -0.2) is 0 Å². The maximum absolute atomic E-state index is 11.2. The number of hydrogen-bond donors (Lipinski definition) is 3. The first-order valence-corrected chi connectivity index (χ1v) is 10.3. The van der Waals surface area contributed by atoms with Gasteiger partial charge in [0, 0.05) is 25.6 Å². The molecular weight excluding hydrogens is 465 g/mol. The van der Waals surface area contributed by atoms with Gasteiger partial charge in [0.15, 0.2) is 5.96 Å². The summed E-state index contributed by atoms with van der Waals surface area (Å²) in [5, 5.41) is 6.72. The van der Waals surface area contributed by atoms with Crippen molar-refractivity contribution in [3.8, 4) is 0 Å². The highest BCUT2D eigenvalue weighted by atomic mass is 127. The quantitative estimate of drug-likeness (QED) is 0.199. The lowest BCUT2D eigenvalue weighted by molar-refractivity contribution is -0.123. The summed E-state index contributed by atoms with van der Waals surface area (Å²) in [5.74, 6) is 0.839. The Bertz CT molecular complexity index is 573. The predicted octanol–water partition coefficient (Wildman–Crippen LogP) is 2.38. The Morgan fingerprint density at radius 1 is 1.18 bits per heavy atom. The summed E-state index contributed by atoms with van der Waals surface area (Å²) in [6, 6.07) is 10.5. The van der Waals surface area contributed by atoms with E-state index in [-0.39, 0.29) is 35.8 Å². The maximum Gasteiger partial charge on any atom is 0.220 e. The van der Waals surface area contributed by atoms with Gasteiger partial charge in [-0.2, -0.15) is 0 Å². The molecule has 0 saturated carbocycles. The molecule has 0 unspecified atom stereocenters. The molecule has 1 aromatic carbocycles. The van der Waals surface area contributed by atoms with E-state index in [1.807, 2.05) is 6.07 Å². The van der Waals surface area contributed by atoms with Crippen LogP contribution in [-0.4, -0.2) is 56.0 Å². The normalized spacial score (nSPS) is 15.7. The highest BCUT2D eigenvalue weighted by molar-refractivity contribution is 14.0. The first kappa shape index (κ1) is 24.7. The summed E-state index contributed by atoms with van der Waals surface area (Å²) in [7, 11) is 0. The van der Waals surface area contributed by atoms with E-state index < -0.39 is 0 Å². The van der Waals surface area contributed by atoms with Crippen LogP contribution in [0.5, 0.6) is 0 Å². The molecule has 1 aliphatic heterocycles. The van der Waals surface area contributed by atoms with Crippen molar-refractivity contribution < 1.29 is 4.79 Å². The van der Waals surface area contributed by atoms with Gasteiger partial charge in [-0.05, 0) is 64.2 Å². The van der Waals surface area contributed by atoms with Gasteiger partial charge in [0.2, 0.25) is 5.91 Å². The second kappa shape index (κ2) is 14.6. The van der Waals surface area contributed by atoms with E-state index in [4.69, 9.17) is 5.73 Å². The fourth-order valence-electron chi connectivity index (χ4n) is 3.39. The fraction of sp³-hybridized carbons (Fsp3) is 0.619. The summed E-state index contributed by atoms with van der Waals surface area (Å²) < 4.78 is 0. The molecule has 1 amide bonds. The number of likely N-dealkylation sites (tertiary alicyclic amines) is 1. The lowest BCUT2D eigenvalue weighted by Crippen LogP contribution is -2.39. The van der Waals surface area contributed by atoms with Gasteiger partial charge in [0.25, 0.3) is 0 Å². The average molecular weight is 501 g/mol. The molecule has 1 heterocycles. The van der Waals surface area contributed by atoms with Crippen molar-refractivity contribution in [3.63, 3.8) is 0 Å². The van der Waals surface area contributed by atoms with Crippen LogP contribution in [0.1, 0.15) is 38.2 Å². The molecule has 158 valence electrons. The molecule has 6 nitrogen and oxygen atoms in total. The molecule has 0 aliphatic carbocycles. The molecule has 0 radical (unpaired) electrons. The van der Waals surface area contributed by atoms with Gasteiger partial charge < -0.3 is 21.3 Å². The van der Waals surface area contributed by atoms with Gasteiger partial charge in [0.05, 0.1) is 0 Å². The van der Waals surface area contributed by atoms with Crippen LogP contribution in [0.3, 0.4) is 0 Å². The number of unbranched alkanes of at least 4 members (excludes halogenated alkanes) is 1. The number of hydrogen-bond acceptors (Lipinski definition) is 3. The Labute approximate surface area is 186 Å². The standard InChI is InChI=1S/C21H35N5O.HI/c1-2-23-21(25-14-10-18-8-4-3-5-9-18)24-13-6-7-15-26-16-11-19(12-17-26)20(22)27;/h3-5,8-9,19H,2,6-7,10-17H2,1H3,(H2,22,27)(H2,23,24,25);1H. The molecule has 1 aliphatic rings. The maximum atomic E-state index is 11.2. The minimum absolute atomic E-state index is 0. The molecule has 1 saturated heterocycles. The van der Waals surface area contributed by atoms with Gasteiger partial charge in [0.1, 0.15) is 0 Å². The van der Waals surface area contributed by atoms with Crippen molar-refractivity contribution in [2.75, 3.05) is 39.3 Å². The number of rotatable bonds is 10. The Hall–Kier alpha value is -1.35. The summed E-state index contributed by atoms with van der Waals surface area (Å²) >= 11 is 0. The molecule has 0 bridgehead atoms. The van der Waals surface area contributed by atoms with Crippen LogP contribution in [-0.2, 0) is 11.2 Å². The third kappa shape index (κ3) is 9.73. The van der Waals surface area contributed by atoms with E-state index in [0.29, 0.717) is 0 Å². The smallest absolute Gasteiger partial charge is 0.220 e. The van der Waals surface area contributed by atoms with Crippen molar-refractivity contribution in [1.82, 2.24) is 15.5 Å². The number of halogens is 1. The molecule has 28 heavy (non-hydrogen) atoms. The number of nitrogens with zero attached hydrogens (tertiary/aromatic N) is 2. The lowest BCUT2D eigenvalue weighted by Gasteiger charge is -2.30. The predicted molar refractivity (Wildman–Crippen MR) is 127 cm³/mol. The molecule has 1 aromatic rings. The number of nitrogens with two attached hydrogens (primary N) is 1. The zero-order valence-electron chi connectivity index (χ0n) is 17.0. The number of carbonyl (C=O) groups excluding carboxylic acids is 1. The van der Waals surface area contributed by atoms with Crippen molar-refractivity contribution in [2.45, 2.75) is 39.0 Å². The minimum Gasteiger partial charge on any atom is -0.369 e. The van der Waals surface area contributed by atoms with E-state index in [2.05, 4.69) is 51.7 Å². The van der Waals surface area contributed by atoms with E-state index in [1.165, 1.54) is 5.56 Å². The van der Waals surface area contributed by atoms with Crippen LogP contribution in [0, 0.1) is 5.92 Å². The van der Waals surface area contributed by atoms with Crippen LogP contribution in [0.15, 0.2) is 35.3 Å². The number of piperidine rings is 1. The van der Waals surface area contributed by atoms with E-state index in [0.717, 1.165) is 77.3 Å². The van der Waals surface area contributed by atoms with Crippen LogP contribution >= 0.6 is 24.0 Å². The van der Waals surface area contributed by atoms with E-state index in [1.54, 1.807) is 0 Å². The Morgan fingerprint density at radius 3 is 2.54 bits per heavy atom. The summed E-state index contributed by atoms with van der Waals surface area (Å²) in [4.78, 5) is 18.3. The first-order chi connectivity index (χ1) is 13.2. The van der Waals surface area contributed by atoms with Gasteiger partial charge in [-0.15, -0.1) is 24.0 Å². The molecule has 2 rings (SSSR count). The molecule has 7 heteroatoms. The van der Waals surface area contributed by atoms with Crippen LogP contribution in [0.2, 0.25) is 0 Å². The average Bonchev–Trinajstić information content (AvgIpc) is 2.69. The Kier molecular flexibility index (Phi) is 12.9. The topological polar surface area (TPSA) is 82.8 Å². The number of aliphatic imine (C=N–C) groups is 1. The summed E-state index contributed by atoms with van der Waals surface area (Å²) in [6.45, 7) is 7.72. The Morgan fingerprint density at radius 2 is 1.89 bits per heavy atom. The second-order valence-corrected chi connectivity index (χ2v) is 7.15. The molecular formula is C21H36IN5O. The number of guanidine groups is 1. The molecule has 4 N–H and O–H groups in total. The summed E-state index contributed by atoms with van der Waals surface area (Å²) in [6.07, 6.45) is 5.01. The van der Waals surface area contributed by atoms with Crippen LogP contribution in [0.4, 0.5) is 0 Å². The van der Waals surface area contributed by atoms with Crippen molar-refractivity contribution in [1.29, 1.82) is 0 Å². The molecule has 0 spiro atoms. The summed E-state index contributed by atoms with van der Waals surface area (Å²) in [5.41, 5.74) is 6.72. The second-order valence-electron chi connectivity index (χ2n) is 7.15. The van der Waals surface area contributed by atoms with Gasteiger partial charge in [-0.1, -0.05) is 30.3 Å². The third-order valence-electron chi connectivity index (χ3n) is 5.04. The SMILES string of the molecule is CCNC(=NCCCCN1CCC(C(N)=O)CC1)NCCc1ccccc1.I. The van der Waals surface area contributed by atoms with Crippen molar-refractivity contribution in [2.24, 2.45) is 16.6 Å². The number of nitrogens with one attached hydrogen (secondary N) is 2. The first-order valence-electron chi connectivity index (χ1n) is 10.3. The molecule has 1 fully saturated rings. The van der Waals surface area contributed by atoms with E-state index in [9.17, 15) is 4.79 Å². The number of carbonyl (C=O) groups is 1. The molecule has 0 atom stereocenters. The third-order valence-corrected chi connectivity index (χ3v) is 5.04. The fourth-order valence-corrected chi connectivity index (χ4v) is 3.39. The molecule has 0 aromatic heterocycles. The monoisotopic (exact) mass is 501 g/mol. The van der Waals surface area contributed by atoms with Crippen molar-refractivity contribution >= 4 is 35.8 Å². The number of benzene rings is 1. The van der Waals surface area contributed by atoms with Crippen LogP contribution in [0.25, 0.3) is 0 Å². The lowest BCUT2D eigenvalue weighted by atomic mass is 9.96. The number of amides is 1. The van der Waals surface area contributed by atoms with Crippen molar-refractivity contribution in [3.05, 3.63) is 35.9 Å². The van der Waals surface area contributed by atoms with Gasteiger partial charge >= 0.3 is 0 Å². The highest BCUT2D eigenvalue weighted by Crippen LogP contribution is 2.16.